The van der Waals surface area contributed by atoms with E-state index in [0.717, 1.165) is 0 Å². The van der Waals surface area contributed by atoms with E-state index in [0.29, 0.717) is 0 Å². The molecule has 23 heavy (non-hydrogen) atoms. The van der Waals surface area contributed by atoms with Crippen LogP contribution in [0.25, 0.3) is 0 Å². The third-order valence-electron chi connectivity index (χ3n) is 1.88. The molecule has 0 aliphatic carbocycles. The quantitative estimate of drug-likeness (QED) is 0.425. The van der Waals surface area contributed by atoms with Crippen LogP contribution in [-0.2, 0) is 20.8 Å². The molecular formula is C12H10CaO8S2. The molecule has 0 saturated carbocycles. The van der Waals surface area contributed by atoms with Gasteiger partial charge in [0.15, 0.2) is 0 Å². The molecule has 2 aromatic carbocycles. The van der Waals surface area contributed by atoms with Crippen LogP contribution in [0.1, 0.15) is 0 Å². The second-order valence-corrected chi connectivity index (χ2v) is 5.58. The summed E-state index contributed by atoms with van der Waals surface area (Å²) in [5.41, 5.74) is 0. The Balaban J connectivity index is 0.000000403. The van der Waals surface area contributed by atoms with E-state index in [1.54, 1.807) is 36.4 Å². The van der Waals surface area contributed by atoms with Crippen molar-refractivity contribution < 1.29 is 34.3 Å². The fourth-order valence-electron chi connectivity index (χ4n) is 1.19. The summed E-state index contributed by atoms with van der Waals surface area (Å²) in [6.07, 6.45) is 0. The molecule has 0 N–H and O–H groups in total. The van der Waals surface area contributed by atoms with Gasteiger partial charge in [-0.2, -0.15) is 0 Å². The van der Waals surface area contributed by atoms with E-state index in [1.807, 2.05) is 0 Å². The molecule has 0 heterocycles. The maximum Gasteiger partial charge on any atom is 2.00 e. The summed E-state index contributed by atoms with van der Waals surface area (Å²) in [7, 11) is -9.25. The van der Waals surface area contributed by atoms with Crippen LogP contribution in [-0.4, -0.2) is 63.7 Å². The van der Waals surface area contributed by atoms with Crippen molar-refractivity contribution in [3.63, 3.8) is 0 Å². The molecule has 2 rings (SSSR count). The van der Waals surface area contributed by atoms with Crippen molar-refractivity contribution in [1.29, 1.82) is 0 Å². The molecule has 120 valence electrons. The molecule has 0 unspecified atom stereocenters. The van der Waals surface area contributed by atoms with Crippen molar-refractivity contribution in [3.8, 4) is 11.5 Å². The number of hydrogen-bond donors (Lipinski definition) is 0. The third kappa shape index (κ3) is 12.2. The van der Waals surface area contributed by atoms with E-state index in [4.69, 9.17) is 0 Å². The first-order chi connectivity index (χ1) is 10.2. The van der Waals surface area contributed by atoms with Gasteiger partial charge >= 0.3 is 37.7 Å². The van der Waals surface area contributed by atoms with Crippen molar-refractivity contribution in [3.05, 3.63) is 60.7 Å². The maximum atomic E-state index is 10.0. The third-order valence-corrected chi connectivity index (χ3v) is 2.68. The van der Waals surface area contributed by atoms with Crippen LogP contribution < -0.4 is 8.37 Å². The molecule has 8 nitrogen and oxygen atoms in total. The molecule has 0 bridgehead atoms. The predicted molar refractivity (Wildman–Crippen MR) is 79.3 cm³/mol. The zero-order chi connectivity index (χ0) is 16.6. The Kier molecular flexibility index (Phi) is 9.70. The fourth-order valence-corrected chi connectivity index (χ4v) is 1.88. The van der Waals surface area contributed by atoms with Crippen LogP contribution in [0.3, 0.4) is 0 Å². The van der Waals surface area contributed by atoms with E-state index in [1.165, 1.54) is 24.3 Å². The predicted octanol–water partition coefficient (Wildman–Crippen LogP) is 0.670. The van der Waals surface area contributed by atoms with E-state index < -0.39 is 20.8 Å². The SMILES string of the molecule is O=S(=O)([O-])Oc1ccccc1.O=S(=O)([O-])Oc1ccccc1.[Ca+2]. The summed E-state index contributed by atoms with van der Waals surface area (Å²) in [5.74, 6) is 0.0602. The van der Waals surface area contributed by atoms with Gasteiger partial charge in [0.05, 0.1) is 0 Å². The molecule has 0 atom stereocenters. The van der Waals surface area contributed by atoms with Gasteiger partial charge < -0.3 is 17.5 Å². The van der Waals surface area contributed by atoms with Gasteiger partial charge in [-0.15, -0.1) is 0 Å². The summed E-state index contributed by atoms with van der Waals surface area (Å²) in [6.45, 7) is 0. The fraction of sp³-hybridized carbons (Fsp3) is 0. The number of rotatable bonds is 4. The second kappa shape index (κ2) is 10.1. The Labute approximate surface area is 164 Å². The monoisotopic (exact) mass is 386 g/mol. The van der Waals surface area contributed by atoms with Crippen molar-refractivity contribution >= 4 is 58.5 Å². The van der Waals surface area contributed by atoms with Gasteiger partial charge in [0, 0.05) is 0 Å². The largest absolute Gasteiger partial charge is 2.00 e. The average molecular weight is 386 g/mol. The molecular weight excluding hydrogens is 376 g/mol. The van der Waals surface area contributed by atoms with Crippen molar-refractivity contribution in [2.24, 2.45) is 0 Å². The molecule has 0 amide bonds. The maximum absolute atomic E-state index is 10.0. The summed E-state index contributed by atoms with van der Waals surface area (Å²) in [6, 6.07) is 15.2. The smallest absolute Gasteiger partial charge is 0.716 e. The van der Waals surface area contributed by atoms with Gasteiger partial charge in [-0.1, -0.05) is 36.4 Å². The molecule has 0 radical (unpaired) electrons. The van der Waals surface area contributed by atoms with Gasteiger partial charge in [0.1, 0.15) is 11.5 Å². The minimum Gasteiger partial charge on any atom is -0.716 e. The average Bonchev–Trinajstić information content (AvgIpc) is 2.38. The Morgan fingerprint density at radius 3 is 1.09 bits per heavy atom. The van der Waals surface area contributed by atoms with Gasteiger partial charge in [-0.25, -0.2) is 16.8 Å². The minimum atomic E-state index is -4.63. The first-order valence-electron chi connectivity index (χ1n) is 5.56. The Hall–Kier alpha value is -0.880. The Morgan fingerprint density at radius 1 is 0.609 bits per heavy atom. The van der Waals surface area contributed by atoms with E-state index >= 15 is 0 Å². The number of hydrogen-bond acceptors (Lipinski definition) is 8. The van der Waals surface area contributed by atoms with Crippen LogP contribution in [0, 0.1) is 0 Å². The molecule has 0 aliphatic heterocycles. The molecule has 0 spiro atoms. The topological polar surface area (TPSA) is 133 Å². The van der Waals surface area contributed by atoms with Crippen molar-refractivity contribution in [2.45, 2.75) is 0 Å². The van der Waals surface area contributed by atoms with Crippen LogP contribution in [0.4, 0.5) is 0 Å². The molecule has 0 fully saturated rings. The summed E-state index contributed by atoms with van der Waals surface area (Å²) >= 11 is 0. The van der Waals surface area contributed by atoms with Gasteiger partial charge in [-0.05, 0) is 24.3 Å². The molecule has 11 heteroatoms. The first-order valence-corrected chi connectivity index (χ1v) is 8.23. The molecule has 0 saturated heterocycles. The van der Waals surface area contributed by atoms with Gasteiger partial charge in [0.2, 0.25) is 0 Å². The molecule has 0 aliphatic rings. The molecule has 2 aromatic rings. The van der Waals surface area contributed by atoms with Crippen molar-refractivity contribution in [2.75, 3.05) is 0 Å². The van der Waals surface area contributed by atoms with Crippen LogP contribution >= 0.6 is 0 Å². The van der Waals surface area contributed by atoms with Gasteiger partial charge in [0.25, 0.3) is 20.8 Å². The second-order valence-electron chi connectivity index (χ2n) is 3.61. The summed E-state index contributed by atoms with van der Waals surface area (Å²) < 4.78 is 68.2. The number of para-hydroxylation sites is 2. The van der Waals surface area contributed by atoms with Crippen LogP contribution in [0.15, 0.2) is 60.7 Å². The Morgan fingerprint density at radius 2 is 0.870 bits per heavy atom. The van der Waals surface area contributed by atoms with Crippen LogP contribution in [0.2, 0.25) is 0 Å². The van der Waals surface area contributed by atoms with E-state index in [9.17, 15) is 25.9 Å². The first kappa shape index (κ1) is 22.1. The number of benzene rings is 2. The zero-order valence-corrected chi connectivity index (χ0v) is 15.4. The summed E-state index contributed by atoms with van der Waals surface area (Å²) in [4.78, 5) is 0. The minimum absolute atomic E-state index is 0. The van der Waals surface area contributed by atoms with Crippen LogP contribution in [0.5, 0.6) is 11.5 Å². The summed E-state index contributed by atoms with van der Waals surface area (Å²) in [5, 5.41) is 0. The standard InChI is InChI=1S/2C6H6O4S.Ca/c2*7-11(8,9)10-6-4-2-1-3-5-6;/h2*1-5H,(H,7,8,9);/q;;+2/p-2. The zero-order valence-electron chi connectivity index (χ0n) is 11.6. The van der Waals surface area contributed by atoms with Gasteiger partial charge in [-0.3, -0.25) is 0 Å². The molecule has 0 aromatic heterocycles. The van der Waals surface area contributed by atoms with Crippen molar-refractivity contribution in [1.82, 2.24) is 0 Å². The van der Waals surface area contributed by atoms with E-state index in [2.05, 4.69) is 8.37 Å². The normalized spacial score (nSPS) is 10.5. The van der Waals surface area contributed by atoms with E-state index in [-0.39, 0.29) is 49.2 Å². The Bertz CT molecular complexity index is 707.